The first kappa shape index (κ1) is 103. The van der Waals surface area contributed by atoms with E-state index in [0.717, 1.165) is 122 Å². The van der Waals surface area contributed by atoms with Crippen molar-refractivity contribution in [2.45, 2.75) is 169 Å². The largest absolute Gasteiger partial charge is 0.463 e. The Labute approximate surface area is 859 Å². The van der Waals surface area contributed by atoms with Crippen LogP contribution in [0.15, 0.2) is 243 Å². The lowest BCUT2D eigenvalue weighted by Gasteiger charge is -2.32. The molecular formula is C118H140N20O8. The molecule has 0 unspecified atom stereocenters. The molecule has 28 heteroatoms. The predicted molar refractivity (Wildman–Crippen MR) is 583 cm³/mol. The van der Waals surface area contributed by atoms with Gasteiger partial charge in [-0.2, -0.15) is 39.9 Å². The van der Waals surface area contributed by atoms with Gasteiger partial charge < -0.3 is 71.0 Å². The summed E-state index contributed by atoms with van der Waals surface area (Å²) in [5.41, 5.74) is 50.7. The minimum atomic E-state index is -0.0951. The van der Waals surface area contributed by atoms with Crippen LogP contribution in [0.2, 0.25) is 0 Å². The Hall–Kier alpha value is -14.3. The van der Waals surface area contributed by atoms with Gasteiger partial charge in [0.2, 0.25) is 0 Å². The number of Topliss-reactive ketones (excluding diaryl/α,β-unsaturated/α-hetero) is 2. The number of allylic oxidation sites excluding steroid dienone is 2. The Bertz CT molecular complexity index is 6150. The number of nitrogens with two attached hydrogens (primary N) is 4. The molecule has 0 atom stereocenters. The number of fused-ring (bicyclic) bond motifs is 4. The van der Waals surface area contributed by atoms with Gasteiger partial charge in [0.1, 0.15) is 59.8 Å². The van der Waals surface area contributed by atoms with E-state index in [-0.39, 0.29) is 54.1 Å². The van der Waals surface area contributed by atoms with Crippen LogP contribution in [-0.2, 0) is 97.1 Å². The van der Waals surface area contributed by atoms with Gasteiger partial charge in [-0.15, -0.1) is 0 Å². The minimum absolute atomic E-state index is 0.0751. The number of ether oxygens (including phenoxy) is 6. The van der Waals surface area contributed by atoms with Crippen LogP contribution in [0.1, 0.15) is 158 Å². The average Bonchev–Trinajstić information content (AvgIpc) is 0.825. The zero-order chi connectivity index (χ0) is 101. The summed E-state index contributed by atoms with van der Waals surface area (Å²) in [5.74, 6) is 4.13. The number of carbonyl (C=O) groups excluding carboxylic acids is 2. The molecule has 4 saturated heterocycles. The summed E-state index contributed by atoms with van der Waals surface area (Å²) in [7, 11) is 3.23. The molecule has 0 amide bonds. The van der Waals surface area contributed by atoms with Gasteiger partial charge in [-0.25, -0.2) is 0 Å². The van der Waals surface area contributed by atoms with Crippen LogP contribution in [0.25, 0.3) is 44.5 Å². The summed E-state index contributed by atoms with van der Waals surface area (Å²) in [6.07, 6.45) is 16.1. The third-order valence-corrected chi connectivity index (χ3v) is 27.9. The van der Waals surface area contributed by atoms with Crippen LogP contribution >= 0.6 is 0 Å². The third kappa shape index (κ3) is 27.1. The quantitative estimate of drug-likeness (QED) is 0.0161. The fourth-order valence-corrected chi connectivity index (χ4v) is 20.0. The summed E-state index contributed by atoms with van der Waals surface area (Å²) >= 11 is 0. The molecule has 8 N–H and O–H groups in total. The standard InChI is InChI=1S/C30H35N5O2.C30H37N5O.C29H33N5O3.C29H35N5O2/c1-3-4-16-37-30-32-28(31)26-18-27(36)21(2)35(29(26)33-30)20-22-10-12-24(13-11-22)25-9-7-8-23(17-25)19-34-14-5-6-15-34;1-3-4-16-36-30-32-28(31)27-17-22(2)19-35(29(27)33-30)21-23-10-12-25(13-11-23)26-9-7-8-24(18-26)20-34-14-5-6-15-34;1-20-26(35)17-25-27(30)31-29(37-15-14-36-2)32-28(25)34(20)19-21-8-10-23(11-9-21)24-7-5-6-22(16-24)18-33-12-3-4-13-33;1-21-16-26-27(30)31-29(36-15-14-35-2)32-28(26)34(18-21)20-22-8-10-24(11-9-22)25-7-5-6-23(17-25)19-33-12-3-4-13-33/h7-13,17H,2-6,14-16,18-20H2,1H3,(H2,31,32,33);7-13,18H,2-6,14-17,19-21H2,1H3,(H2,31,32,33);5-11,16H,1,3-4,12-15,17-19H2,2H3,(H2,30,31,32);5-11,17H,1,3-4,12-16,18-20H2,2H3,(H2,30,31,32). The van der Waals surface area contributed by atoms with E-state index in [1.807, 2.05) is 4.90 Å². The first-order valence-electron chi connectivity index (χ1n) is 51.8. The second-order valence-corrected chi connectivity index (χ2v) is 39.2. The molecule has 12 heterocycles. The molecule has 8 aromatic carbocycles. The van der Waals surface area contributed by atoms with E-state index >= 15 is 0 Å². The summed E-state index contributed by atoms with van der Waals surface area (Å²) < 4.78 is 32.9. The highest BCUT2D eigenvalue weighted by Crippen LogP contribution is 2.41. The number of carbonyl (C=O) groups is 2. The van der Waals surface area contributed by atoms with Crippen LogP contribution in [0, 0.1) is 0 Å². The number of hydrogen-bond acceptors (Lipinski definition) is 28. The molecule has 12 aromatic rings. The number of benzene rings is 8. The molecule has 0 aliphatic carbocycles. The monoisotopic (exact) mass is 1970 g/mol. The molecule has 4 aromatic heterocycles. The lowest BCUT2D eigenvalue weighted by molar-refractivity contribution is -0.116. The maximum absolute atomic E-state index is 12.7. The van der Waals surface area contributed by atoms with Crippen molar-refractivity contribution in [2.24, 2.45) is 0 Å². The number of hydrogen-bond donors (Lipinski definition) is 4. The minimum Gasteiger partial charge on any atom is -0.463 e. The number of methoxy groups -OCH3 is 2. The Morgan fingerprint density at radius 1 is 0.288 bits per heavy atom. The van der Waals surface area contributed by atoms with Crippen LogP contribution in [0.5, 0.6) is 24.0 Å². The molecule has 8 aliphatic rings. The summed E-state index contributed by atoms with van der Waals surface area (Å²) in [4.78, 5) is 79.4. The van der Waals surface area contributed by atoms with E-state index in [1.165, 1.54) is 176 Å². The van der Waals surface area contributed by atoms with E-state index in [2.05, 4.69) is 299 Å². The van der Waals surface area contributed by atoms with E-state index in [0.29, 0.717) is 124 Å². The van der Waals surface area contributed by atoms with Crippen molar-refractivity contribution in [3.8, 4) is 68.5 Å². The highest BCUT2D eigenvalue weighted by Gasteiger charge is 2.35. The number of nitrogens with zero attached hydrogens (tertiary/aromatic N) is 16. The molecule has 0 spiro atoms. The zero-order valence-corrected chi connectivity index (χ0v) is 85.3. The Morgan fingerprint density at radius 3 is 0.822 bits per heavy atom. The van der Waals surface area contributed by atoms with Crippen LogP contribution < -0.4 is 61.5 Å². The van der Waals surface area contributed by atoms with E-state index in [4.69, 9.17) is 56.3 Å². The second-order valence-electron chi connectivity index (χ2n) is 39.2. The fraction of sp³-hybridized carbons (Fsp3) is 0.373. The number of rotatable bonds is 36. The Kier molecular flexibility index (Phi) is 35.3. The molecule has 8 aliphatic heterocycles. The van der Waals surface area contributed by atoms with Gasteiger partial charge in [-0.1, -0.05) is 234 Å². The lowest BCUT2D eigenvalue weighted by Crippen LogP contribution is -2.34. The van der Waals surface area contributed by atoms with Gasteiger partial charge in [0, 0.05) is 128 Å². The van der Waals surface area contributed by atoms with Crippen molar-refractivity contribution in [2.75, 3.05) is 162 Å². The van der Waals surface area contributed by atoms with Gasteiger partial charge in [-0.3, -0.25) is 29.2 Å². The molecule has 0 bridgehead atoms. The van der Waals surface area contributed by atoms with Crippen molar-refractivity contribution in [3.63, 3.8) is 0 Å². The number of ketones is 2. The number of unbranched alkanes of at least 4 members (excludes halogenated alkanes) is 2. The van der Waals surface area contributed by atoms with Gasteiger partial charge in [-0.05, 0) is 230 Å². The van der Waals surface area contributed by atoms with E-state index in [1.54, 1.807) is 19.1 Å². The number of likely N-dealkylation sites (tertiary alicyclic amines) is 4. The normalized spacial score (nSPS) is 15.8. The topological polar surface area (TPSA) is 323 Å². The zero-order valence-electron chi connectivity index (χ0n) is 85.3. The van der Waals surface area contributed by atoms with Crippen molar-refractivity contribution in [3.05, 3.63) is 310 Å². The number of aromatic nitrogens is 8. The molecule has 28 nitrogen and oxygen atoms in total. The highest BCUT2D eigenvalue weighted by molar-refractivity contribution is 6.04. The second kappa shape index (κ2) is 50.0. The van der Waals surface area contributed by atoms with Crippen LogP contribution in [-0.4, -0.2) is 190 Å². The number of nitrogen functional groups attached to an aromatic ring is 4. The fourth-order valence-electron chi connectivity index (χ4n) is 20.0. The molecule has 146 heavy (non-hydrogen) atoms. The first-order chi connectivity index (χ1) is 71.2. The van der Waals surface area contributed by atoms with Crippen LogP contribution in [0.4, 0.5) is 46.5 Å². The summed E-state index contributed by atoms with van der Waals surface area (Å²) in [6, 6.07) is 71.0. The molecule has 0 saturated carbocycles. The predicted octanol–water partition coefficient (Wildman–Crippen LogP) is 19.2. The number of anilines is 8. The Balaban J connectivity index is 0.000000133. The molecule has 0 radical (unpaired) electrons. The first-order valence-corrected chi connectivity index (χ1v) is 51.8. The van der Waals surface area contributed by atoms with E-state index in [9.17, 15) is 9.59 Å². The van der Waals surface area contributed by atoms with Gasteiger partial charge in [0.25, 0.3) is 0 Å². The summed E-state index contributed by atoms with van der Waals surface area (Å²) in [5, 5.41) is 0. The van der Waals surface area contributed by atoms with Crippen molar-refractivity contribution < 1.29 is 38.0 Å². The smallest absolute Gasteiger partial charge is 0.320 e. The molecule has 20 rings (SSSR count). The lowest BCUT2D eigenvalue weighted by atomic mass is 9.99. The van der Waals surface area contributed by atoms with Gasteiger partial charge in [0.05, 0.1) is 37.8 Å². The van der Waals surface area contributed by atoms with Crippen LogP contribution in [0.3, 0.4) is 0 Å². The molecular weight excluding hydrogens is 1830 g/mol. The van der Waals surface area contributed by atoms with E-state index < -0.39 is 0 Å². The highest BCUT2D eigenvalue weighted by atomic mass is 16.5. The molecule has 760 valence electrons. The average molecular weight is 1970 g/mol. The van der Waals surface area contributed by atoms with Gasteiger partial charge in [0.15, 0.2) is 11.6 Å². The van der Waals surface area contributed by atoms with Crippen molar-refractivity contribution in [1.82, 2.24) is 59.5 Å². The summed E-state index contributed by atoms with van der Waals surface area (Å²) in [6.45, 7) is 40.9. The van der Waals surface area contributed by atoms with Crippen molar-refractivity contribution in [1.29, 1.82) is 0 Å². The third-order valence-electron chi connectivity index (χ3n) is 27.9. The Morgan fingerprint density at radius 2 is 0.548 bits per heavy atom. The molecule has 4 fully saturated rings. The maximum atomic E-state index is 12.7. The SMILES string of the molecule is C=C1C(=O)Cc2c(N)nc(OCCCC)nc2N1Cc1ccc(-c2cccc(CN3CCCC3)c2)cc1.C=C1C(=O)Cc2c(N)nc(OCCOC)nc2N1Cc1ccc(-c2cccc(CN3CCCC3)c2)cc1.C=C1Cc2c(N)nc(OCCCC)nc2N(Cc2ccc(-c3cccc(CN4CCCC4)c3)cc2)C1.C=C1Cc2c(N)nc(OCCOC)nc2N(Cc2ccc(-c3cccc(CN4CCCC4)c3)cc2)C1. The van der Waals surface area contributed by atoms with Crippen molar-refractivity contribution >= 4 is 58.1 Å². The maximum Gasteiger partial charge on any atom is 0.320 e. The van der Waals surface area contributed by atoms with Gasteiger partial charge >= 0.3 is 24.0 Å².